The number of aromatic nitrogens is 1. The molecular formula is C23H20N2O4S. The molecule has 0 atom stereocenters. The second-order valence-electron chi connectivity index (χ2n) is 8.18. The van der Waals surface area contributed by atoms with Crippen LogP contribution in [0.3, 0.4) is 0 Å². The Labute approximate surface area is 174 Å². The molecule has 0 amide bonds. The van der Waals surface area contributed by atoms with Crippen LogP contribution in [0.15, 0.2) is 50.8 Å². The summed E-state index contributed by atoms with van der Waals surface area (Å²) in [6, 6.07) is 9.35. The van der Waals surface area contributed by atoms with Crippen LogP contribution >= 0.6 is 0 Å². The Bertz CT molecular complexity index is 1390. The van der Waals surface area contributed by atoms with Gasteiger partial charge in [0.15, 0.2) is 9.84 Å². The Morgan fingerprint density at radius 2 is 2.03 bits per heavy atom. The molecule has 0 aliphatic heterocycles. The molecule has 3 aromatic rings. The Hall–Kier alpha value is -2.98. The van der Waals surface area contributed by atoms with Gasteiger partial charge in [-0.2, -0.15) is 5.26 Å². The van der Waals surface area contributed by atoms with Crippen molar-refractivity contribution in [1.82, 2.24) is 4.98 Å². The van der Waals surface area contributed by atoms with Crippen LogP contribution in [-0.4, -0.2) is 19.2 Å². The number of nitriles is 1. The lowest BCUT2D eigenvalue weighted by molar-refractivity contribution is 0.596. The number of sulfone groups is 1. The van der Waals surface area contributed by atoms with Crippen LogP contribution in [-0.2, 0) is 15.3 Å². The van der Waals surface area contributed by atoms with E-state index in [1.165, 1.54) is 18.5 Å². The minimum Gasteiger partial charge on any atom is -0.463 e. The molecule has 0 radical (unpaired) electrons. The maximum absolute atomic E-state index is 13.2. The average molecular weight is 420 g/mol. The Morgan fingerprint density at radius 1 is 1.27 bits per heavy atom. The first-order chi connectivity index (χ1) is 14.4. The SMILES string of the molecule is CCS(=O)(=O)c1cc(C2(C#N)CC2)cnc1-c1coc2cc(C3CC3)ccc2c1=O. The van der Waals surface area contributed by atoms with Crippen molar-refractivity contribution in [2.24, 2.45) is 0 Å². The van der Waals surface area contributed by atoms with Gasteiger partial charge in [-0.05, 0) is 60.9 Å². The highest BCUT2D eigenvalue weighted by Gasteiger charge is 2.46. The van der Waals surface area contributed by atoms with Crippen molar-refractivity contribution in [3.05, 3.63) is 58.1 Å². The molecular weight excluding hydrogens is 400 g/mol. The van der Waals surface area contributed by atoms with E-state index in [1.54, 1.807) is 13.0 Å². The molecule has 2 fully saturated rings. The fourth-order valence-electron chi connectivity index (χ4n) is 3.87. The van der Waals surface area contributed by atoms with Crippen molar-refractivity contribution < 1.29 is 12.8 Å². The van der Waals surface area contributed by atoms with E-state index in [1.807, 2.05) is 12.1 Å². The zero-order valence-corrected chi connectivity index (χ0v) is 17.3. The minimum absolute atomic E-state index is 0.0229. The molecule has 2 aliphatic carbocycles. The van der Waals surface area contributed by atoms with Crippen LogP contribution in [0.25, 0.3) is 22.2 Å². The molecule has 0 bridgehead atoms. The van der Waals surface area contributed by atoms with Gasteiger partial charge in [-0.1, -0.05) is 13.0 Å². The number of pyridine rings is 1. The molecule has 2 aromatic heterocycles. The van der Waals surface area contributed by atoms with Gasteiger partial charge in [0.05, 0.1) is 38.8 Å². The van der Waals surface area contributed by atoms with Crippen molar-refractivity contribution in [3.63, 3.8) is 0 Å². The van der Waals surface area contributed by atoms with E-state index < -0.39 is 15.3 Å². The lowest BCUT2D eigenvalue weighted by Crippen LogP contribution is -2.14. The summed E-state index contributed by atoms with van der Waals surface area (Å²) in [4.78, 5) is 17.5. The fourth-order valence-corrected chi connectivity index (χ4v) is 4.94. The summed E-state index contributed by atoms with van der Waals surface area (Å²) in [5.74, 6) is 0.402. The predicted octanol–water partition coefficient (Wildman–Crippen LogP) is 4.08. The van der Waals surface area contributed by atoms with Crippen molar-refractivity contribution in [2.45, 2.75) is 48.8 Å². The zero-order chi connectivity index (χ0) is 21.1. The average Bonchev–Trinajstić information content (AvgIpc) is 3.67. The Morgan fingerprint density at radius 3 is 2.67 bits per heavy atom. The third-order valence-corrected chi connectivity index (χ3v) is 7.93. The molecule has 0 unspecified atom stereocenters. The van der Waals surface area contributed by atoms with Gasteiger partial charge >= 0.3 is 0 Å². The molecule has 0 saturated heterocycles. The van der Waals surface area contributed by atoms with Crippen molar-refractivity contribution >= 4 is 20.8 Å². The van der Waals surface area contributed by atoms with Crippen molar-refractivity contribution in [3.8, 4) is 17.3 Å². The number of hydrogen-bond acceptors (Lipinski definition) is 6. The van der Waals surface area contributed by atoms with E-state index in [4.69, 9.17) is 4.42 Å². The van der Waals surface area contributed by atoms with Gasteiger partial charge < -0.3 is 4.42 Å². The summed E-state index contributed by atoms with van der Waals surface area (Å²) in [6.45, 7) is 1.55. The van der Waals surface area contributed by atoms with Crippen molar-refractivity contribution in [2.75, 3.05) is 5.75 Å². The van der Waals surface area contributed by atoms with Crippen molar-refractivity contribution in [1.29, 1.82) is 5.26 Å². The Kier molecular flexibility index (Phi) is 4.13. The number of rotatable bonds is 5. The van der Waals surface area contributed by atoms with Gasteiger partial charge in [-0.15, -0.1) is 0 Å². The van der Waals surface area contributed by atoms with Gasteiger partial charge in [0, 0.05) is 6.20 Å². The van der Waals surface area contributed by atoms with E-state index in [-0.39, 0.29) is 27.3 Å². The first-order valence-electron chi connectivity index (χ1n) is 10.1. The van der Waals surface area contributed by atoms with E-state index in [0.717, 1.165) is 18.4 Å². The summed E-state index contributed by atoms with van der Waals surface area (Å²) in [7, 11) is -3.67. The minimum atomic E-state index is -3.67. The molecule has 2 saturated carbocycles. The maximum atomic E-state index is 13.2. The third kappa shape index (κ3) is 2.94. The number of hydrogen-bond donors (Lipinski definition) is 0. The number of nitrogens with zero attached hydrogens (tertiary/aromatic N) is 2. The maximum Gasteiger partial charge on any atom is 0.202 e. The second kappa shape index (κ2) is 6.51. The molecule has 2 heterocycles. The quantitative estimate of drug-likeness (QED) is 0.616. The molecule has 5 rings (SSSR count). The molecule has 2 aliphatic rings. The highest BCUT2D eigenvalue weighted by molar-refractivity contribution is 7.91. The first kappa shape index (κ1) is 19.0. The lowest BCUT2D eigenvalue weighted by Gasteiger charge is -2.13. The van der Waals surface area contributed by atoms with Gasteiger partial charge in [-0.25, -0.2) is 8.42 Å². The van der Waals surface area contributed by atoms with Crippen LogP contribution in [0.1, 0.15) is 49.7 Å². The molecule has 0 N–H and O–H groups in total. The van der Waals surface area contributed by atoms with Crippen LogP contribution in [0.4, 0.5) is 0 Å². The number of benzene rings is 1. The molecule has 1 aromatic carbocycles. The monoisotopic (exact) mass is 420 g/mol. The zero-order valence-electron chi connectivity index (χ0n) is 16.5. The van der Waals surface area contributed by atoms with Crippen LogP contribution < -0.4 is 5.43 Å². The molecule has 152 valence electrons. The highest BCUT2D eigenvalue weighted by Crippen LogP contribution is 2.48. The van der Waals surface area contributed by atoms with E-state index >= 15 is 0 Å². The summed E-state index contributed by atoms with van der Waals surface area (Å²) in [5.41, 5.74) is 1.44. The van der Waals surface area contributed by atoms with Crippen LogP contribution in [0, 0.1) is 11.3 Å². The van der Waals surface area contributed by atoms with E-state index in [0.29, 0.717) is 35.3 Å². The Balaban J connectivity index is 1.70. The standard InChI is InChI=1S/C23H20N2O4S/c1-2-30(27,28)20-10-16(23(13-24)7-8-23)11-25-21(20)18-12-29-19-9-15(14-3-4-14)5-6-17(19)22(18)26/h5-6,9-12,14H,2-4,7-8H2,1H3. The van der Waals surface area contributed by atoms with E-state index in [2.05, 4.69) is 11.1 Å². The third-order valence-electron chi connectivity index (χ3n) is 6.19. The molecule has 7 heteroatoms. The predicted molar refractivity (Wildman–Crippen MR) is 112 cm³/mol. The fraction of sp³-hybridized carbons (Fsp3) is 0.348. The smallest absolute Gasteiger partial charge is 0.202 e. The normalized spacial score (nSPS) is 17.6. The summed E-state index contributed by atoms with van der Waals surface area (Å²) < 4.78 is 31.4. The summed E-state index contributed by atoms with van der Waals surface area (Å²) in [6.07, 6.45) is 6.46. The van der Waals surface area contributed by atoms with Gasteiger partial charge in [-0.3, -0.25) is 9.78 Å². The first-order valence-corrected chi connectivity index (χ1v) is 11.7. The van der Waals surface area contributed by atoms with E-state index in [9.17, 15) is 18.5 Å². The largest absolute Gasteiger partial charge is 0.463 e. The van der Waals surface area contributed by atoms with Gasteiger partial charge in [0.1, 0.15) is 11.8 Å². The van der Waals surface area contributed by atoms with Gasteiger partial charge in [0.2, 0.25) is 5.43 Å². The molecule has 0 spiro atoms. The van der Waals surface area contributed by atoms with Crippen LogP contribution in [0.5, 0.6) is 0 Å². The topological polar surface area (TPSA) is 101 Å². The number of fused-ring (bicyclic) bond motifs is 1. The van der Waals surface area contributed by atoms with Gasteiger partial charge in [0.25, 0.3) is 0 Å². The summed E-state index contributed by atoms with van der Waals surface area (Å²) >= 11 is 0. The second-order valence-corrected chi connectivity index (χ2v) is 10.4. The lowest BCUT2D eigenvalue weighted by atomic mass is 9.99. The highest BCUT2D eigenvalue weighted by atomic mass is 32.2. The molecule has 30 heavy (non-hydrogen) atoms. The molecule has 6 nitrogen and oxygen atoms in total. The van der Waals surface area contributed by atoms with Crippen LogP contribution in [0.2, 0.25) is 0 Å². The summed E-state index contributed by atoms with van der Waals surface area (Å²) in [5, 5.41) is 9.88.